The lowest BCUT2D eigenvalue weighted by Crippen LogP contribution is -2.36. The third-order valence-electron chi connectivity index (χ3n) is 4.85. The molecular weight excluding hydrogens is 382 g/mol. The van der Waals surface area contributed by atoms with Crippen LogP contribution in [0.2, 0.25) is 0 Å². The van der Waals surface area contributed by atoms with Crippen molar-refractivity contribution in [1.29, 1.82) is 0 Å². The summed E-state index contributed by atoms with van der Waals surface area (Å²) in [7, 11) is 4.90. The quantitative estimate of drug-likeness (QED) is 0.532. The third kappa shape index (κ3) is 7.76. The predicted octanol–water partition coefficient (Wildman–Crippen LogP) is 4.00. The fraction of sp³-hybridized carbons (Fsp3) is 0.500. The Hall–Kier alpha value is -2.44. The molecule has 2 aromatic carbocycles. The van der Waals surface area contributed by atoms with E-state index < -0.39 is 6.10 Å². The molecule has 0 saturated carbocycles. The molecule has 2 rings (SSSR count). The van der Waals surface area contributed by atoms with Crippen LogP contribution in [0.25, 0.3) is 0 Å². The molecule has 0 saturated heterocycles. The Bertz CT molecular complexity index is 748. The van der Waals surface area contributed by atoms with Crippen molar-refractivity contribution in [3.05, 3.63) is 48.0 Å². The van der Waals surface area contributed by atoms with Crippen molar-refractivity contribution in [3.8, 4) is 23.0 Å². The average molecular weight is 418 g/mol. The lowest BCUT2D eigenvalue weighted by atomic mass is 10.1. The zero-order valence-electron chi connectivity index (χ0n) is 18.8. The van der Waals surface area contributed by atoms with Crippen LogP contribution in [0.1, 0.15) is 25.8 Å². The summed E-state index contributed by atoms with van der Waals surface area (Å²) in [5.41, 5.74) is 1.11. The van der Waals surface area contributed by atoms with Crippen molar-refractivity contribution >= 4 is 0 Å². The van der Waals surface area contributed by atoms with Gasteiger partial charge in [-0.3, -0.25) is 4.90 Å². The Morgan fingerprint density at radius 3 is 2.13 bits per heavy atom. The van der Waals surface area contributed by atoms with Gasteiger partial charge in [0.1, 0.15) is 24.2 Å². The van der Waals surface area contributed by atoms with Crippen LogP contribution in [0.3, 0.4) is 0 Å². The van der Waals surface area contributed by atoms with E-state index in [9.17, 15) is 5.11 Å². The van der Waals surface area contributed by atoms with Gasteiger partial charge in [-0.05, 0) is 60.8 Å². The summed E-state index contributed by atoms with van der Waals surface area (Å²) in [6, 6.07) is 13.3. The van der Waals surface area contributed by atoms with Gasteiger partial charge < -0.3 is 24.1 Å². The first-order valence-electron chi connectivity index (χ1n) is 10.3. The van der Waals surface area contributed by atoms with E-state index >= 15 is 0 Å². The number of aliphatic hydroxyl groups is 1. The number of aliphatic hydroxyl groups excluding tert-OH is 1. The van der Waals surface area contributed by atoms with Crippen LogP contribution >= 0.6 is 0 Å². The van der Waals surface area contributed by atoms with Gasteiger partial charge in [0.25, 0.3) is 0 Å². The fourth-order valence-corrected chi connectivity index (χ4v) is 3.13. The maximum absolute atomic E-state index is 10.6. The minimum atomic E-state index is -0.598. The number of benzene rings is 2. The Morgan fingerprint density at radius 2 is 1.53 bits per heavy atom. The highest BCUT2D eigenvalue weighted by Crippen LogP contribution is 2.28. The van der Waals surface area contributed by atoms with Crippen molar-refractivity contribution in [3.63, 3.8) is 0 Å². The predicted molar refractivity (Wildman–Crippen MR) is 119 cm³/mol. The van der Waals surface area contributed by atoms with Crippen molar-refractivity contribution < 1.29 is 24.1 Å². The molecule has 0 aliphatic carbocycles. The van der Waals surface area contributed by atoms with Crippen LogP contribution in [-0.2, 0) is 6.54 Å². The molecule has 0 aliphatic heterocycles. The van der Waals surface area contributed by atoms with Gasteiger partial charge in [-0.1, -0.05) is 19.9 Å². The minimum absolute atomic E-state index is 0.233. The van der Waals surface area contributed by atoms with Gasteiger partial charge in [0.2, 0.25) is 0 Å². The molecule has 166 valence electrons. The van der Waals surface area contributed by atoms with Crippen LogP contribution in [0.5, 0.6) is 23.0 Å². The molecule has 1 N–H and O–H groups in total. The summed E-state index contributed by atoms with van der Waals surface area (Å²) in [4.78, 5) is 2.25. The molecule has 0 fully saturated rings. The largest absolute Gasteiger partial charge is 0.497 e. The maximum Gasteiger partial charge on any atom is 0.161 e. The lowest BCUT2D eigenvalue weighted by Gasteiger charge is -2.26. The van der Waals surface area contributed by atoms with Crippen LogP contribution in [0.15, 0.2) is 42.5 Å². The van der Waals surface area contributed by atoms with E-state index in [4.69, 9.17) is 18.9 Å². The summed E-state index contributed by atoms with van der Waals surface area (Å²) in [5.74, 6) is 3.50. The van der Waals surface area contributed by atoms with E-state index in [-0.39, 0.29) is 6.61 Å². The lowest BCUT2D eigenvalue weighted by molar-refractivity contribution is 0.0639. The maximum atomic E-state index is 10.6. The summed E-state index contributed by atoms with van der Waals surface area (Å²) in [6.07, 6.45) is 0.457. The molecule has 0 aromatic heterocycles. The van der Waals surface area contributed by atoms with Crippen molar-refractivity contribution in [2.24, 2.45) is 5.92 Å². The Balaban J connectivity index is 1.97. The normalized spacial score (nSPS) is 12.1. The topological polar surface area (TPSA) is 60.4 Å². The van der Waals surface area contributed by atoms with Gasteiger partial charge >= 0.3 is 0 Å². The summed E-state index contributed by atoms with van der Waals surface area (Å²) in [5, 5.41) is 10.6. The highest BCUT2D eigenvalue weighted by atomic mass is 16.5. The molecule has 6 heteroatoms. The highest BCUT2D eigenvalue weighted by Gasteiger charge is 2.15. The van der Waals surface area contributed by atoms with E-state index in [1.54, 1.807) is 21.3 Å². The Kier molecular flexibility index (Phi) is 9.77. The molecule has 0 aliphatic rings. The molecule has 0 spiro atoms. The number of ether oxygens (including phenoxy) is 4. The zero-order chi connectivity index (χ0) is 21.9. The number of methoxy groups -OCH3 is 3. The van der Waals surface area contributed by atoms with Crippen molar-refractivity contribution in [2.45, 2.75) is 32.9 Å². The van der Waals surface area contributed by atoms with Gasteiger partial charge in [0.05, 0.1) is 21.3 Å². The zero-order valence-corrected chi connectivity index (χ0v) is 18.8. The molecule has 0 unspecified atom stereocenters. The van der Waals surface area contributed by atoms with Gasteiger partial charge in [-0.25, -0.2) is 0 Å². The number of hydrogen-bond acceptors (Lipinski definition) is 6. The van der Waals surface area contributed by atoms with Crippen LogP contribution in [0, 0.1) is 5.92 Å². The average Bonchev–Trinajstić information content (AvgIpc) is 2.76. The molecule has 0 radical (unpaired) electrons. The second-order valence-corrected chi connectivity index (χ2v) is 7.75. The highest BCUT2D eigenvalue weighted by molar-refractivity contribution is 5.42. The van der Waals surface area contributed by atoms with Crippen molar-refractivity contribution in [1.82, 2.24) is 4.90 Å². The van der Waals surface area contributed by atoms with Gasteiger partial charge in [0.15, 0.2) is 11.5 Å². The Morgan fingerprint density at radius 1 is 0.867 bits per heavy atom. The van der Waals surface area contributed by atoms with E-state index in [2.05, 4.69) is 18.7 Å². The first kappa shape index (κ1) is 23.8. The monoisotopic (exact) mass is 417 g/mol. The SMILES string of the molecule is COc1ccc(OC[C@@H](O)CN(CCC(C)C)Cc2ccc(OC)c(OC)c2)cc1. The molecule has 6 nitrogen and oxygen atoms in total. The Labute approximate surface area is 180 Å². The second-order valence-electron chi connectivity index (χ2n) is 7.75. The van der Waals surface area contributed by atoms with E-state index in [1.807, 2.05) is 42.5 Å². The molecule has 0 bridgehead atoms. The molecule has 1 atom stereocenters. The standard InChI is InChI=1S/C24H35NO5/c1-18(2)12-13-25(15-19-6-11-23(28-4)24(14-19)29-5)16-20(26)17-30-22-9-7-21(27-3)8-10-22/h6-11,14,18,20,26H,12-13,15-17H2,1-5H3/t20-/m0/s1. The van der Waals surface area contributed by atoms with E-state index in [1.165, 1.54) is 0 Å². The smallest absolute Gasteiger partial charge is 0.161 e. The van der Waals surface area contributed by atoms with E-state index in [0.717, 1.165) is 24.3 Å². The van der Waals surface area contributed by atoms with Crippen LogP contribution in [-0.4, -0.2) is 57.1 Å². The molecule has 0 amide bonds. The summed E-state index contributed by atoms with van der Waals surface area (Å²) in [6.45, 7) is 6.78. The minimum Gasteiger partial charge on any atom is -0.497 e. The van der Waals surface area contributed by atoms with Crippen LogP contribution in [0.4, 0.5) is 0 Å². The molecular formula is C24H35NO5. The first-order chi connectivity index (χ1) is 14.4. The number of nitrogens with zero attached hydrogens (tertiary/aromatic N) is 1. The third-order valence-corrected chi connectivity index (χ3v) is 4.85. The fourth-order valence-electron chi connectivity index (χ4n) is 3.13. The number of rotatable bonds is 13. The van der Waals surface area contributed by atoms with E-state index in [0.29, 0.717) is 36.3 Å². The van der Waals surface area contributed by atoms with Crippen LogP contribution < -0.4 is 18.9 Å². The molecule has 30 heavy (non-hydrogen) atoms. The number of hydrogen-bond donors (Lipinski definition) is 1. The molecule has 2 aromatic rings. The van der Waals surface area contributed by atoms with Gasteiger partial charge in [-0.2, -0.15) is 0 Å². The summed E-state index contributed by atoms with van der Waals surface area (Å²) >= 11 is 0. The second kappa shape index (κ2) is 12.3. The molecule has 0 heterocycles. The van der Waals surface area contributed by atoms with Gasteiger partial charge in [0, 0.05) is 13.1 Å². The van der Waals surface area contributed by atoms with Crippen molar-refractivity contribution in [2.75, 3.05) is 41.0 Å². The first-order valence-corrected chi connectivity index (χ1v) is 10.3. The summed E-state index contributed by atoms with van der Waals surface area (Å²) < 4.78 is 21.6. The van der Waals surface area contributed by atoms with Gasteiger partial charge in [-0.15, -0.1) is 0 Å².